The van der Waals surface area contributed by atoms with Crippen molar-refractivity contribution in [1.29, 1.82) is 0 Å². The number of nitrogens with one attached hydrogen (secondary N) is 2. The molecule has 7 nitrogen and oxygen atoms in total. The summed E-state index contributed by atoms with van der Waals surface area (Å²) in [5.74, 6) is 0. The minimum atomic E-state index is -0.661. The molecule has 0 aliphatic rings. The van der Waals surface area contributed by atoms with E-state index in [0.717, 1.165) is 21.9 Å². The average molecular weight is 374 g/mol. The number of anilines is 1. The first-order chi connectivity index (χ1) is 13.8. The van der Waals surface area contributed by atoms with Crippen LogP contribution in [0, 0.1) is 0 Å². The Hall–Kier alpha value is -3.87. The van der Waals surface area contributed by atoms with Crippen molar-refractivity contribution in [3.05, 3.63) is 83.9 Å². The Labute approximate surface area is 161 Å². The number of aromatic nitrogens is 2. The molecule has 0 unspecified atom stereocenters. The van der Waals surface area contributed by atoms with Crippen molar-refractivity contribution in [3.8, 4) is 6.08 Å². The van der Waals surface area contributed by atoms with Gasteiger partial charge < -0.3 is 19.8 Å². The van der Waals surface area contributed by atoms with E-state index in [1.807, 2.05) is 72.8 Å². The van der Waals surface area contributed by atoms with Gasteiger partial charge in [-0.25, -0.2) is 4.79 Å². The van der Waals surface area contributed by atoms with Crippen LogP contribution in [-0.2, 0) is 13.1 Å². The van der Waals surface area contributed by atoms with Crippen molar-refractivity contribution < 1.29 is 13.9 Å². The number of benzene rings is 3. The smallest absolute Gasteiger partial charge is 0.374 e. The molecule has 0 spiro atoms. The molecule has 0 aliphatic carbocycles. The first-order valence-corrected chi connectivity index (χ1v) is 8.81. The van der Waals surface area contributed by atoms with Crippen molar-refractivity contribution in [1.82, 2.24) is 15.5 Å². The van der Waals surface area contributed by atoms with E-state index in [4.69, 9.17) is 9.15 Å². The van der Waals surface area contributed by atoms with Crippen LogP contribution in [0.2, 0.25) is 0 Å². The number of hydrogen-bond acceptors (Lipinski definition) is 6. The van der Waals surface area contributed by atoms with Crippen molar-refractivity contribution >= 4 is 22.9 Å². The molecule has 7 heteroatoms. The summed E-state index contributed by atoms with van der Waals surface area (Å²) in [6, 6.07) is 23.9. The number of fused-ring (bicyclic) bond motifs is 1. The number of nitrogens with zero attached hydrogens (tertiary/aromatic N) is 2. The zero-order valence-electron chi connectivity index (χ0n) is 15.0. The predicted octanol–water partition coefficient (Wildman–Crippen LogP) is 4.12. The minimum Gasteiger partial charge on any atom is -0.374 e. The molecule has 2 N–H and O–H groups in total. The number of carbonyl (C=O) groups is 1. The van der Waals surface area contributed by atoms with Crippen LogP contribution in [0.25, 0.3) is 10.8 Å². The predicted molar refractivity (Wildman–Crippen MR) is 105 cm³/mol. The van der Waals surface area contributed by atoms with Crippen LogP contribution < -0.4 is 15.4 Å². The normalized spacial score (nSPS) is 10.6. The fourth-order valence-electron chi connectivity index (χ4n) is 2.83. The zero-order valence-corrected chi connectivity index (χ0v) is 15.0. The lowest BCUT2D eigenvalue weighted by Gasteiger charge is -2.07. The van der Waals surface area contributed by atoms with Crippen LogP contribution in [0.5, 0.6) is 6.08 Å². The zero-order chi connectivity index (χ0) is 19.2. The molecule has 0 saturated heterocycles. The molecule has 0 atom stereocenters. The maximum atomic E-state index is 12.0. The summed E-state index contributed by atoms with van der Waals surface area (Å²) in [5, 5.41) is 15.4. The van der Waals surface area contributed by atoms with E-state index in [-0.39, 0.29) is 12.1 Å². The number of ether oxygens (including phenoxy) is 1. The molecular weight excluding hydrogens is 356 g/mol. The fourth-order valence-corrected chi connectivity index (χ4v) is 2.83. The average Bonchev–Trinajstić information content (AvgIpc) is 3.18. The molecule has 4 aromatic rings. The monoisotopic (exact) mass is 374 g/mol. The van der Waals surface area contributed by atoms with Gasteiger partial charge in [0.05, 0.1) is 0 Å². The van der Waals surface area contributed by atoms with Gasteiger partial charge >= 0.3 is 18.2 Å². The van der Waals surface area contributed by atoms with E-state index in [9.17, 15) is 4.79 Å². The van der Waals surface area contributed by atoms with E-state index in [1.54, 1.807) is 0 Å². The molecular formula is C21H18N4O3. The first-order valence-electron chi connectivity index (χ1n) is 8.81. The van der Waals surface area contributed by atoms with Gasteiger partial charge in [0, 0.05) is 13.1 Å². The molecule has 3 aromatic carbocycles. The molecule has 4 rings (SSSR count). The number of hydrogen-bond donors (Lipinski definition) is 2. The van der Waals surface area contributed by atoms with Crippen molar-refractivity contribution in [2.45, 2.75) is 13.1 Å². The van der Waals surface area contributed by atoms with Gasteiger partial charge in [0.25, 0.3) is 0 Å². The highest BCUT2D eigenvalue weighted by Gasteiger charge is 2.12. The Morgan fingerprint density at radius 2 is 1.68 bits per heavy atom. The summed E-state index contributed by atoms with van der Waals surface area (Å²) >= 11 is 0. The van der Waals surface area contributed by atoms with E-state index >= 15 is 0 Å². The Balaban J connectivity index is 1.31. The summed E-state index contributed by atoms with van der Waals surface area (Å²) < 4.78 is 10.3. The number of carbonyl (C=O) groups excluding carboxylic acids is 1. The summed E-state index contributed by atoms with van der Waals surface area (Å²) in [6.07, 6.45) is -0.878. The number of amides is 1. The third kappa shape index (κ3) is 4.27. The fraction of sp³-hybridized carbons (Fsp3) is 0.0952. The second kappa shape index (κ2) is 8.22. The molecule has 0 aliphatic heterocycles. The molecule has 140 valence electrons. The summed E-state index contributed by atoms with van der Waals surface area (Å²) in [7, 11) is 0. The maximum Gasteiger partial charge on any atom is 0.425 e. The van der Waals surface area contributed by atoms with Gasteiger partial charge in [0.1, 0.15) is 0 Å². The molecule has 0 radical (unpaired) electrons. The topological polar surface area (TPSA) is 89.3 Å². The summed E-state index contributed by atoms with van der Waals surface area (Å²) in [6.45, 7) is 0.850. The maximum absolute atomic E-state index is 12.0. The molecule has 1 amide bonds. The van der Waals surface area contributed by atoms with E-state index in [0.29, 0.717) is 13.1 Å². The molecule has 0 bridgehead atoms. The van der Waals surface area contributed by atoms with Crippen LogP contribution in [0.1, 0.15) is 11.1 Å². The van der Waals surface area contributed by atoms with Crippen molar-refractivity contribution in [3.63, 3.8) is 0 Å². The van der Waals surface area contributed by atoms with Crippen molar-refractivity contribution in [2.24, 2.45) is 0 Å². The second-order valence-electron chi connectivity index (χ2n) is 6.09. The van der Waals surface area contributed by atoms with Crippen LogP contribution >= 0.6 is 0 Å². The lowest BCUT2D eigenvalue weighted by atomic mass is 10.0. The molecule has 1 aromatic heterocycles. The lowest BCUT2D eigenvalue weighted by molar-refractivity contribution is 0.184. The van der Waals surface area contributed by atoms with Gasteiger partial charge in [0.15, 0.2) is 0 Å². The molecule has 0 fully saturated rings. The number of rotatable bonds is 6. The summed E-state index contributed by atoms with van der Waals surface area (Å²) in [5.41, 5.74) is 2.06. The van der Waals surface area contributed by atoms with Crippen LogP contribution in [0.3, 0.4) is 0 Å². The molecule has 0 saturated carbocycles. The third-order valence-corrected chi connectivity index (χ3v) is 4.18. The van der Waals surface area contributed by atoms with Gasteiger partial charge in [0.2, 0.25) is 0 Å². The Bertz CT molecular complexity index is 1070. The highest BCUT2D eigenvalue weighted by molar-refractivity contribution is 5.86. The van der Waals surface area contributed by atoms with Crippen LogP contribution in [0.4, 0.5) is 10.8 Å². The standard InChI is InChI=1S/C21H18N4O3/c26-20(23-14-17-11-6-10-16-9-4-5-12-18(16)17)28-21-25-24-19(27-21)22-13-15-7-2-1-3-8-15/h1-12H,13-14H2,(H,22,24)(H,23,26). The van der Waals surface area contributed by atoms with Gasteiger partial charge in [-0.05, 0) is 21.9 Å². The van der Waals surface area contributed by atoms with E-state index in [2.05, 4.69) is 20.8 Å². The Morgan fingerprint density at radius 1 is 0.893 bits per heavy atom. The van der Waals surface area contributed by atoms with Gasteiger partial charge in [-0.2, -0.15) is 0 Å². The largest absolute Gasteiger partial charge is 0.425 e. The quantitative estimate of drug-likeness (QED) is 0.528. The highest BCUT2D eigenvalue weighted by atomic mass is 16.6. The first kappa shape index (κ1) is 17.5. The van der Waals surface area contributed by atoms with Crippen molar-refractivity contribution in [2.75, 3.05) is 5.32 Å². The van der Waals surface area contributed by atoms with Crippen LogP contribution in [-0.4, -0.2) is 16.3 Å². The lowest BCUT2D eigenvalue weighted by Crippen LogP contribution is -2.26. The minimum absolute atomic E-state index is 0.181. The molecule has 28 heavy (non-hydrogen) atoms. The van der Waals surface area contributed by atoms with Gasteiger partial charge in [-0.3, -0.25) is 0 Å². The highest BCUT2D eigenvalue weighted by Crippen LogP contribution is 2.18. The Morgan fingerprint density at radius 3 is 2.57 bits per heavy atom. The second-order valence-corrected chi connectivity index (χ2v) is 6.09. The van der Waals surface area contributed by atoms with Crippen LogP contribution in [0.15, 0.2) is 77.2 Å². The van der Waals surface area contributed by atoms with E-state index < -0.39 is 6.09 Å². The van der Waals surface area contributed by atoms with Gasteiger partial charge in [-0.1, -0.05) is 83.0 Å². The SMILES string of the molecule is O=C(NCc1cccc2ccccc12)Oc1nnc(NCc2ccccc2)o1. The summed E-state index contributed by atoms with van der Waals surface area (Å²) in [4.78, 5) is 12.0. The van der Waals surface area contributed by atoms with E-state index in [1.165, 1.54) is 0 Å². The van der Waals surface area contributed by atoms with Gasteiger partial charge in [-0.15, -0.1) is 0 Å². The third-order valence-electron chi connectivity index (χ3n) is 4.18. The Kier molecular flexibility index (Phi) is 5.15. The molecule has 1 heterocycles.